The van der Waals surface area contributed by atoms with Crippen LogP contribution in [0, 0.1) is 0 Å². The molecule has 1 nitrogen and oxygen atoms in total. The van der Waals surface area contributed by atoms with E-state index in [4.69, 9.17) is 4.74 Å². The van der Waals surface area contributed by atoms with Crippen molar-refractivity contribution in [1.82, 2.24) is 0 Å². The molecule has 0 aliphatic rings. The van der Waals surface area contributed by atoms with Crippen LogP contribution in [0.2, 0.25) is 0 Å². The van der Waals surface area contributed by atoms with E-state index in [-0.39, 0.29) is 10.8 Å². The number of benzene rings is 1. The minimum absolute atomic E-state index is 0.135. The zero-order valence-corrected chi connectivity index (χ0v) is 15.2. The minimum atomic E-state index is 0.135. The molecule has 0 saturated carbocycles. The molecule has 0 N–H and O–H groups in total. The molecule has 0 heterocycles. The van der Waals surface area contributed by atoms with Gasteiger partial charge in [-0.25, -0.2) is 0 Å². The van der Waals surface area contributed by atoms with Gasteiger partial charge in [0.05, 0.1) is 7.11 Å². The lowest BCUT2D eigenvalue weighted by Gasteiger charge is -2.31. The molecule has 1 aromatic rings. The summed E-state index contributed by atoms with van der Waals surface area (Å²) in [5.41, 5.74) is 3.10. The van der Waals surface area contributed by atoms with E-state index in [1.54, 1.807) is 18.9 Å². The molecule has 0 fully saturated rings. The number of ether oxygens (including phenoxy) is 1. The molecule has 114 valence electrons. The second kappa shape index (κ2) is 6.43. The van der Waals surface area contributed by atoms with Gasteiger partial charge < -0.3 is 4.74 Å². The third-order valence-corrected chi connectivity index (χ3v) is 5.50. The molecule has 2 heteroatoms. The summed E-state index contributed by atoms with van der Waals surface area (Å²) in [5.74, 6) is 1.06. The van der Waals surface area contributed by atoms with Crippen molar-refractivity contribution in [3.05, 3.63) is 23.3 Å². The molecule has 1 aromatic carbocycles. The summed E-state index contributed by atoms with van der Waals surface area (Å²) in [6.07, 6.45) is 4.37. The van der Waals surface area contributed by atoms with Crippen molar-refractivity contribution in [3.63, 3.8) is 0 Å². The smallest absolute Gasteiger partial charge is 0.136 e. The van der Waals surface area contributed by atoms with Gasteiger partial charge in [-0.15, -0.1) is 11.8 Å². The Morgan fingerprint density at radius 2 is 1.55 bits per heavy atom. The maximum atomic E-state index is 5.74. The van der Waals surface area contributed by atoms with Crippen LogP contribution in [0.25, 0.3) is 0 Å². The number of methoxy groups -OCH3 is 1. The Kier molecular flexibility index (Phi) is 5.60. The van der Waals surface area contributed by atoms with E-state index >= 15 is 0 Å². The van der Waals surface area contributed by atoms with E-state index in [0.29, 0.717) is 0 Å². The molecule has 0 amide bonds. The zero-order valence-electron chi connectivity index (χ0n) is 14.4. The zero-order chi connectivity index (χ0) is 15.6. The van der Waals surface area contributed by atoms with E-state index in [1.807, 2.05) is 0 Å². The molecular weight excluding hydrogens is 264 g/mol. The Balaban J connectivity index is 3.59. The second-order valence-electron chi connectivity index (χ2n) is 6.73. The van der Waals surface area contributed by atoms with E-state index in [1.165, 1.54) is 16.0 Å². The SMILES string of the molecule is CCC(C)(C)c1cc(SC)c(OC)c(C(C)(C)CC)c1. The van der Waals surface area contributed by atoms with Crippen LogP contribution in [0.4, 0.5) is 0 Å². The van der Waals surface area contributed by atoms with Gasteiger partial charge in [0, 0.05) is 10.5 Å². The molecule has 0 spiro atoms. The van der Waals surface area contributed by atoms with Crippen LogP contribution < -0.4 is 4.74 Å². The average molecular weight is 295 g/mol. The quantitative estimate of drug-likeness (QED) is 0.614. The highest BCUT2D eigenvalue weighted by atomic mass is 32.2. The summed E-state index contributed by atoms with van der Waals surface area (Å²) < 4.78 is 5.74. The number of rotatable bonds is 6. The van der Waals surface area contributed by atoms with Crippen LogP contribution in [-0.4, -0.2) is 13.4 Å². The third kappa shape index (κ3) is 3.33. The first-order valence-electron chi connectivity index (χ1n) is 7.50. The first-order valence-corrected chi connectivity index (χ1v) is 8.73. The Bertz CT molecular complexity index is 461. The molecular formula is C18H30OS. The Hall–Kier alpha value is -0.630. The Morgan fingerprint density at radius 1 is 1.00 bits per heavy atom. The van der Waals surface area contributed by atoms with Gasteiger partial charge >= 0.3 is 0 Å². The van der Waals surface area contributed by atoms with E-state index in [9.17, 15) is 0 Å². The lowest BCUT2D eigenvalue weighted by molar-refractivity contribution is 0.377. The molecule has 1 rings (SSSR count). The standard InChI is InChI=1S/C18H30OS/c1-9-17(3,4)13-11-14(18(5,6)10-2)16(19-7)15(12-13)20-8/h11-12H,9-10H2,1-8H3. The van der Waals surface area contributed by atoms with Crippen LogP contribution in [0.1, 0.15) is 65.5 Å². The topological polar surface area (TPSA) is 9.23 Å². The number of hydrogen-bond acceptors (Lipinski definition) is 2. The van der Waals surface area contributed by atoms with Gasteiger partial charge in [0.1, 0.15) is 5.75 Å². The van der Waals surface area contributed by atoms with Crippen LogP contribution in [0.3, 0.4) is 0 Å². The monoisotopic (exact) mass is 294 g/mol. The van der Waals surface area contributed by atoms with Crippen molar-refractivity contribution in [1.29, 1.82) is 0 Å². The predicted molar refractivity (Wildman–Crippen MR) is 91.4 cm³/mol. The molecule has 0 bridgehead atoms. The first kappa shape index (κ1) is 17.4. The third-order valence-electron chi connectivity index (χ3n) is 4.76. The largest absolute Gasteiger partial charge is 0.495 e. The molecule has 0 aliphatic carbocycles. The summed E-state index contributed by atoms with van der Waals surface area (Å²) in [6.45, 7) is 13.8. The van der Waals surface area contributed by atoms with Crippen molar-refractivity contribution in [2.45, 2.75) is 70.1 Å². The minimum Gasteiger partial charge on any atom is -0.495 e. The highest BCUT2D eigenvalue weighted by Gasteiger charge is 2.28. The molecule has 0 atom stereocenters. The molecule has 20 heavy (non-hydrogen) atoms. The van der Waals surface area contributed by atoms with Crippen molar-refractivity contribution < 1.29 is 4.74 Å². The van der Waals surface area contributed by atoms with Crippen molar-refractivity contribution >= 4 is 11.8 Å². The fraction of sp³-hybridized carbons (Fsp3) is 0.667. The molecule has 0 unspecified atom stereocenters. The summed E-state index contributed by atoms with van der Waals surface area (Å²) in [6, 6.07) is 4.67. The molecule has 0 aromatic heterocycles. The average Bonchev–Trinajstić information content (AvgIpc) is 2.45. The molecule has 0 aliphatic heterocycles. The fourth-order valence-electron chi connectivity index (χ4n) is 2.25. The Labute approximate surface area is 129 Å². The van der Waals surface area contributed by atoms with Gasteiger partial charge in [-0.2, -0.15) is 0 Å². The highest BCUT2D eigenvalue weighted by Crippen LogP contribution is 2.43. The van der Waals surface area contributed by atoms with Crippen LogP contribution in [0.5, 0.6) is 5.75 Å². The van der Waals surface area contributed by atoms with Crippen LogP contribution in [-0.2, 0) is 10.8 Å². The Morgan fingerprint density at radius 3 is 1.95 bits per heavy atom. The lowest BCUT2D eigenvalue weighted by atomic mass is 9.76. The first-order chi connectivity index (χ1) is 9.23. The number of thioether (sulfide) groups is 1. The van der Waals surface area contributed by atoms with Gasteiger partial charge in [-0.1, -0.05) is 47.6 Å². The van der Waals surface area contributed by atoms with Crippen molar-refractivity contribution in [3.8, 4) is 5.75 Å². The van der Waals surface area contributed by atoms with Crippen molar-refractivity contribution in [2.75, 3.05) is 13.4 Å². The van der Waals surface area contributed by atoms with Gasteiger partial charge in [-0.3, -0.25) is 0 Å². The molecule has 0 radical (unpaired) electrons. The normalized spacial score (nSPS) is 12.6. The second-order valence-corrected chi connectivity index (χ2v) is 7.58. The van der Waals surface area contributed by atoms with Gasteiger partial charge in [-0.05, 0) is 41.6 Å². The van der Waals surface area contributed by atoms with E-state index in [0.717, 1.165) is 18.6 Å². The predicted octanol–water partition coefficient (Wildman–Crippen LogP) is 5.79. The summed E-state index contributed by atoms with van der Waals surface area (Å²) in [4.78, 5) is 1.25. The van der Waals surface area contributed by atoms with Crippen LogP contribution in [0.15, 0.2) is 17.0 Å². The van der Waals surface area contributed by atoms with Crippen LogP contribution >= 0.6 is 11.8 Å². The number of hydrogen-bond donors (Lipinski definition) is 0. The van der Waals surface area contributed by atoms with Crippen molar-refractivity contribution in [2.24, 2.45) is 0 Å². The van der Waals surface area contributed by atoms with Gasteiger partial charge in [0.25, 0.3) is 0 Å². The maximum Gasteiger partial charge on any atom is 0.136 e. The maximum absolute atomic E-state index is 5.74. The van der Waals surface area contributed by atoms with Gasteiger partial charge in [0.2, 0.25) is 0 Å². The summed E-state index contributed by atoms with van der Waals surface area (Å²) in [7, 11) is 1.79. The van der Waals surface area contributed by atoms with E-state index < -0.39 is 0 Å². The van der Waals surface area contributed by atoms with Gasteiger partial charge in [0.15, 0.2) is 0 Å². The fourth-order valence-corrected chi connectivity index (χ4v) is 2.88. The molecule has 0 saturated heterocycles. The summed E-state index contributed by atoms with van der Waals surface area (Å²) in [5, 5.41) is 0. The van der Waals surface area contributed by atoms with E-state index in [2.05, 4.69) is 59.9 Å². The lowest BCUT2D eigenvalue weighted by Crippen LogP contribution is -2.21. The summed E-state index contributed by atoms with van der Waals surface area (Å²) >= 11 is 1.78. The highest BCUT2D eigenvalue weighted by molar-refractivity contribution is 7.98.